The van der Waals surface area contributed by atoms with Crippen LogP contribution in [0, 0.1) is 11.6 Å². The summed E-state index contributed by atoms with van der Waals surface area (Å²) in [4.78, 5) is -0.414. The van der Waals surface area contributed by atoms with E-state index in [1.54, 1.807) is 0 Å². The number of sulfonamides is 1. The molecule has 4 nitrogen and oxygen atoms in total. The third-order valence-electron chi connectivity index (χ3n) is 2.07. The van der Waals surface area contributed by atoms with Gasteiger partial charge in [0.2, 0.25) is 10.0 Å². The van der Waals surface area contributed by atoms with E-state index in [0.717, 1.165) is 12.1 Å². The first-order valence-electron chi connectivity index (χ1n) is 5.11. The molecule has 0 radical (unpaired) electrons. The number of hydrogen-bond donors (Lipinski definition) is 2. The first kappa shape index (κ1) is 14.0. The van der Waals surface area contributed by atoms with Crippen LogP contribution in [0.4, 0.5) is 8.78 Å². The predicted octanol–water partition coefficient (Wildman–Crippen LogP) is 0.982. The number of rotatable bonds is 6. The molecule has 0 bridgehead atoms. The molecule has 0 spiro atoms. The van der Waals surface area contributed by atoms with Crippen LogP contribution in [0.5, 0.6) is 0 Å². The molecule has 7 heteroatoms. The molecule has 0 aliphatic carbocycles. The average molecular weight is 264 g/mol. The van der Waals surface area contributed by atoms with E-state index in [0.29, 0.717) is 25.5 Å². The normalized spacial score (nSPS) is 11.7. The average Bonchev–Trinajstić information content (AvgIpc) is 2.23. The van der Waals surface area contributed by atoms with Crippen molar-refractivity contribution in [3.05, 3.63) is 29.8 Å². The molecule has 0 atom stereocenters. The summed E-state index contributed by atoms with van der Waals surface area (Å²) in [5, 5.41) is 0. The lowest BCUT2D eigenvalue weighted by Gasteiger charge is -2.06. The molecule has 0 unspecified atom stereocenters. The molecule has 1 rings (SSSR count). The van der Waals surface area contributed by atoms with Gasteiger partial charge in [0, 0.05) is 12.6 Å². The van der Waals surface area contributed by atoms with Crippen molar-refractivity contribution >= 4 is 10.0 Å². The molecular weight excluding hydrogens is 250 g/mol. The topological polar surface area (TPSA) is 72.2 Å². The van der Waals surface area contributed by atoms with Gasteiger partial charge in [-0.15, -0.1) is 0 Å². The fourth-order valence-corrected chi connectivity index (χ4v) is 2.36. The number of unbranched alkanes of at least 4 members (excludes halogenated alkanes) is 1. The SMILES string of the molecule is NCCCCNS(=O)(=O)c1cc(F)cc(F)c1. The third kappa shape index (κ3) is 4.37. The minimum Gasteiger partial charge on any atom is -0.330 e. The van der Waals surface area contributed by atoms with Crippen molar-refractivity contribution in [3.63, 3.8) is 0 Å². The van der Waals surface area contributed by atoms with Crippen molar-refractivity contribution in [1.29, 1.82) is 0 Å². The van der Waals surface area contributed by atoms with Crippen LogP contribution < -0.4 is 10.5 Å². The molecule has 0 saturated heterocycles. The van der Waals surface area contributed by atoms with E-state index in [4.69, 9.17) is 5.73 Å². The van der Waals surface area contributed by atoms with Gasteiger partial charge in [0.1, 0.15) is 11.6 Å². The highest BCUT2D eigenvalue weighted by molar-refractivity contribution is 7.89. The Bertz CT molecular complexity index is 457. The Labute approximate surface area is 98.9 Å². The molecule has 96 valence electrons. The van der Waals surface area contributed by atoms with Gasteiger partial charge in [0.05, 0.1) is 4.90 Å². The standard InChI is InChI=1S/C10H14F2N2O2S/c11-8-5-9(12)7-10(6-8)17(15,16)14-4-2-1-3-13/h5-7,14H,1-4,13H2. The van der Waals surface area contributed by atoms with Crippen LogP contribution in [0.3, 0.4) is 0 Å². The van der Waals surface area contributed by atoms with Crippen LogP contribution >= 0.6 is 0 Å². The second-order valence-electron chi connectivity index (χ2n) is 3.50. The summed E-state index contributed by atoms with van der Waals surface area (Å²) in [6.45, 7) is 0.661. The van der Waals surface area contributed by atoms with Crippen molar-refractivity contribution in [3.8, 4) is 0 Å². The van der Waals surface area contributed by atoms with Gasteiger partial charge in [-0.05, 0) is 31.5 Å². The molecule has 0 saturated carbocycles. The van der Waals surface area contributed by atoms with E-state index in [2.05, 4.69) is 4.72 Å². The molecule has 0 aromatic heterocycles. The van der Waals surface area contributed by atoms with Gasteiger partial charge in [0.25, 0.3) is 0 Å². The van der Waals surface area contributed by atoms with Crippen molar-refractivity contribution < 1.29 is 17.2 Å². The van der Waals surface area contributed by atoms with Crippen molar-refractivity contribution in [2.24, 2.45) is 5.73 Å². The first-order chi connectivity index (χ1) is 7.95. The molecule has 0 fully saturated rings. The largest absolute Gasteiger partial charge is 0.330 e. The maximum atomic E-state index is 12.9. The zero-order valence-electron chi connectivity index (χ0n) is 9.12. The van der Waals surface area contributed by atoms with Crippen LogP contribution in [0.15, 0.2) is 23.1 Å². The summed E-state index contributed by atoms with van der Waals surface area (Å²) < 4.78 is 51.2. The summed E-state index contributed by atoms with van der Waals surface area (Å²) >= 11 is 0. The minimum atomic E-state index is -3.86. The lowest BCUT2D eigenvalue weighted by Crippen LogP contribution is -2.25. The van der Waals surface area contributed by atoms with Gasteiger partial charge in [-0.1, -0.05) is 0 Å². The van der Waals surface area contributed by atoms with E-state index < -0.39 is 26.6 Å². The Morgan fingerprint density at radius 1 is 1.12 bits per heavy atom. The summed E-state index contributed by atoms with van der Waals surface area (Å²) in [5.74, 6) is -1.85. The van der Waals surface area contributed by atoms with Crippen LogP contribution in [0.1, 0.15) is 12.8 Å². The lowest BCUT2D eigenvalue weighted by atomic mass is 10.3. The molecule has 1 aromatic rings. The van der Waals surface area contributed by atoms with Gasteiger partial charge in [-0.25, -0.2) is 21.9 Å². The van der Waals surface area contributed by atoms with E-state index in [1.807, 2.05) is 0 Å². The second-order valence-corrected chi connectivity index (χ2v) is 5.27. The lowest BCUT2D eigenvalue weighted by molar-refractivity contribution is 0.559. The highest BCUT2D eigenvalue weighted by Crippen LogP contribution is 2.13. The van der Waals surface area contributed by atoms with Gasteiger partial charge >= 0.3 is 0 Å². The van der Waals surface area contributed by atoms with E-state index in [9.17, 15) is 17.2 Å². The van der Waals surface area contributed by atoms with Crippen molar-refractivity contribution in [1.82, 2.24) is 4.72 Å². The van der Waals surface area contributed by atoms with Crippen LogP contribution in [0.25, 0.3) is 0 Å². The molecule has 17 heavy (non-hydrogen) atoms. The zero-order chi connectivity index (χ0) is 12.9. The predicted molar refractivity (Wildman–Crippen MR) is 59.8 cm³/mol. The molecule has 3 N–H and O–H groups in total. The summed E-state index contributed by atoms with van der Waals surface area (Å²) in [5.41, 5.74) is 5.25. The minimum absolute atomic E-state index is 0.192. The van der Waals surface area contributed by atoms with E-state index in [-0.39, 0.29) is 6.54 Å². The monoisotopic (exact) mass is 264 g/mol. The van der Waals surface area contributed by atoms with Gasteiger partial charge in [-0.3, -0.25) is 0 Å². The zero-order valence-corrected chi connectivity index (χ0v) is 9.93. The molecule has 0 aliphatic heterocycles. The summed E-state index contributed by atoms with van der Waals surface area (Å²) in [6, 6.07) is 2.16. The second kappa shape index (κ2) is 6.04. The Morgan fingerprint density at radius 3 is 2.24 bits per heavy atom. The van der Waals surface area contributed by atoms with E-state index >= 15 is 0 Å². The molecule has 0 heterocycles. The Balaban J connectivity index is 2.75. The number of halogens is 2. The maximum absolute atomic E-state index is 12.9. The van der Waals surface area contributed by atoms with Gasteiger partial charge < -0.3 is 5.73 Å². The molecule has 0 amide bonds. The highest BCUT2D eigenvalue weighted by atomic mass is 32.2. The third-order valence-corrected chi connectivity index (χ3v) is 3.51. The Kier molecular flexibility index (Phi) is 4.98. The highest BCUT2D eigenvalue weighted by Gasteiger charge is 2.15. The van der Waals surface area contributed by atoms with Crippen LogP contribution in [-0.4, -0.2) is 21.5 Å². The van der Waals surface area contributed by atoms with Gasteiger partial charge in [-0.2, -0.15) is 0 Å². The van der Waals surface area contributed by atoms with E-state index in [1.165, 1.54) is 0 Å². The summed E-state index contributed by atoms with van der Waals surface area (Å²) in [7, 11) is -3.86. The number of hydrogen-bond acceptors (Lipinski definition) is 3. The fraction of sp³-hybridized carbons (Fsp3) is 0.400. The Hall–Kier alpha value is -1.05. The first-order valence-corrected chi connectivity index (χ1v) is 6.60. The molecular formula is C10H14F2N2O2S. The van der Waals surface area contributed by atoms with Gasteiger partial charge in [0.15, 0.2) is 0 Å². The summed E-state index contributed by atoms with van der Waals surface area (Å²) in [6.07, 6.45) is 1.26. The van der Waals surface area contributed by atoms with Crippen molar-refractivity contribution in [2.45, 2.75) is 17.7 Å². The van der Waals surface area contributed by atoms with Crippen molar-refractivity contribution in [2.75, 3.05) is 13.1 Å². The molecule has 1 aromatic carbocycles. The Morgan fingerprint density at radius 2 is 1.71 bits per heavy atom. The smallest absolute Gasteiger partial charge is 0.240 e. The maximum Gasteiger partial charge on any atom is 0.240 e. The van der Waals surface area contributed by atoms with Crippen LogP contribution in [-0.2, 0) is 10.0 Å². The van der Waals surface area contributed by atoms with Crippen LogP contribution in [0.2, 0.25) is 0 Å². The fourth-order valence-electron chi connectivity index (χ4n) is 1.24. The number of nitrogens with two attached hydrogens (primary N) is 1. The quantitative estimate of drug-likeness (QED) is 0.752. The number of nitrogens with one attached hydrogen (secondary N) is 1. The number of benzene rings is 1. The molecule has 0 aliphatic rings.